The van der Waals surface area contributed by atoms with E-state index in [-0.39, 0.29) is 31.1 Å². The molecule has 0 fully saturated rings. The summed E-state index contributed by atoms with van der Waals surface area (Å²) in [5.41, 5.74) is 0. The van der Waals surface area contributed by atoms with Gasteiger partial charge in [-0.25, -0.2) is 0 Å². The van der Waals surface area contributed by atoms with E-state index in [9.17, 15) is 0 Å². The first kappa shape index (κ1) is 17.2. The van der Waals surface area contributed by atoms with Gasteiger partial charge in [0.15, 0.2) is 0 Å². The Balaban J connectivity index is -0.000000149. The van der Waals surface area contributed by atoms with E-state index in [0.29, 0.717) is 0 Å². The van der Waals surface area contributed by atoms with Gasteiger partial charge in [0.25, 0.3) is 0 Å². The monoisotopic (exact) mass is 368 g/mol. The van der Waals surface area contributed by atoms with Crippen LogP contribution in [-0.2, 0) is 0 Å². The first-order valence-corrected chi connectivity index (χ1v) is 4.27. The van der Waals surface area contributed by atoms with Crippen LogP contribution < -0.4 is 0 Å². The van der Waals surface area contributed by atoms with E-state index < -0.39 is 0 Å². The third-order valence-corrected chi connectivity index (χ3v) is 1.14. The molecule has 0 atom stereocenters. The molecule has 0 spiro atoms. The van der Waals surface area contributed by atoms with Gasteiger partial charge in [0.1, 0.15) is 0 Å². The first-order valence-electron chi connectivity index (χ1n) is 4.27. The Morgan fingerprint density at radius 3 is 1.60 bits per heavy atom. The second kappa shape index (κ2) is 16.6. The predicted molar refractivity (Wildman–Crippen MR) is 45.7 cm³/mol. The second-order valence-corrected chi connectivity index (χ2v) is 2.54. The quantitative estimate of drug-likeness (QED) is 0.710. The minimum absolute atomic E-state index is 0. The van der Waals surface area contributed by atoms with Crippen molar-refractivity contribution < 1.29 is 31.1 Å². The van der Waals surface area contributed by atoms with E-state index in [1.54, 1.807) is 0 Å². The maximum absolute atomic E-state index is 2.27. The van der Waals surface area contributed by atoms with Crippen molar-refractivity contribution in [3.8, 4) is 0 Å². The molecule has 0 nitrogen and oxygen atoms in total. The fraction of sp³-hybridized carbons (Fsp3) is 1.00. The molecule has 0 saturated heterocycles. The average molecular weight is 368 g/mol. The van der Waals surface area contributed by atoms with Crippen LogP contribution in [-0.4, -0.2) is 0 Å². The molecule has 0 unspecified atom stereocenters. The van der Waals surface area contributed by atoms with Crippen LogP contribution in [0.5, 0.6) is 0 Å². The molecule has 0 aliphatic carbocycles. The van der Waals surface area contributed by atoms with Gasteiger partial charge in [-0.15, -0.1) is 0 Å². The van der Waals surface area contributed by atoms with Gasteiger partial charge in [0, 0.05) is 31.1 Å². The molecule has 0 aromatic carbocycles. The SMILES string of the molecule is CC.CCCCC(C)C.[U]. The zero-order valence-electron chi connectivity index (χ0n) is 8.20. The van der Waals surface area contributed by atoms with E-state index in [0.717, 1.165) is 5.92 Å². The largest absolute Gasteiger partial charge is 0.0683 e. The molecular weight excluding hydrogens is 346 g/mol. The van der Waals surface area contributed by atoms with E-state index in [1.807, 2.05) is 13.8 Å². The number of hydrogen-bond donors (Lipinski definition) is 0. The van der Waals surface area contributed by atoms with Gasteiger partial charge in [-0.1, -0.05) is 53.9 Å². The summed E-state index contributed by atoms with van der Waals surface area (Å²) in [4.78, 5) is 0. The zero-order chi connectivity index (χ0) is 7.70. The average Bonchev–Trinajstić information content (AvgIpc) is 1.88. The standard InChI is InChI=1S/C7H16.C2H6.U/c1-4-5-6-7(2)3;1-2;/h7H,4-6H2,1-3H3;1-2H3;. The van der Waals surface area contributed by atoms with Crippen molar-refractivity contribution in [2.24, 2.45) is 5.92 Å². The number of unbranched alkanes of at least 4 members (excludes halogenated alkanes) is 1. The van der Waals surface area contributed by atoms with Gasteiger partial charge in [-0.3, -0.25) is 0 Å². The molecule has 10 heavy (non-hydrogen) atoms. The summed E-state index contributed by atoms with van der Waals surface area (Å²) in [6.45, 7) is 10.8. The van der Waals surface area contributed by atoms with Crippen molar-refractivity contribution in [1.82, 2.24) is 0 Å². The van der Waals surface area contributed by atoms with Crippen LogP contribution in [0.2, 0.25) is 0 Å². The summed E-state index contributed by atoms with van der Waals surface area (Å²) in [5.74, 6) is 0.903. The zero-order valence-corrected chi connectivity index (χ0v) is 12.4. The summed E-state index contributed by atoms with van der Waals surface area (Å²) >= 11 is 0. The van der Waals surface area contributed by atoms with E-state index in [2.05, 4.69) is 20.8 Å². The fourth-order valence-corrected chi connectivity index (χ4v) is 0.612. The maximum Gasteiger partial charge on any atom is 0 e. The molecule has 0 aromatic heterocycles. The van der Waals surface area contributed by atoms with Crippen LogP contribution in [0, 0.1) is 37.0 Å². The Kier molecular flexibility index (Phi) is 28.5. The van der Waals surface area contributed by atoms with Gasteiger partial charge in [0.2, 0.25) is 0 Å². The summed E-state index contributed by atoms with van der Waals surface area (Å²) in [5, 5.41) is 0. The van der Waals surface area contributed by atoms with Crippen LogP contribution in [0.1, 0.15) is 53.9 Å². The summed E-state index contributed by atoms with van der Waals surface area (Å²) in [6.07, 6.45) is 4.15. The third kappa shape index (κ3) is 23.0. The Hall–Kier alpha value is 1.05. The predicted octanol–water partition coefficient (Wildman–Crippen LogP) is 3.86. The van der Waals surface area contributed by atoms with Crippen LogP contribution in [0.3, 0.4) is 0 Å². The van der Waals surface area contributed by atoms with Crippen LogP contribution in [0.15, 0.2) is 0 Å². The summed E-state index contributed by atoms with van der Waals surface area (Å²) < 4.78 is 0. The molecule has 0 aliphatic heterocycles. The summed E-state index contributed by atoms with van der Waals surface area (Å²) in [6, 6.07) is 0. The minimum Gasteiger partial charge on any atom is -0.0683 e. The molecule has 0 bridgehead atoms. The van der Waals surface area contributed by atoms with Gasteiger partial charge in [-0.05, 0) is 5.92 Å². The molecular formula is C9H22U. The first-order chi connectivity index (χ1) is 4.27. The van der Waals surface area contributed by atoms with Crippen LogP contribution in [0.4, 0.5) is 0 Å². The van der Waals surface area contributed by atoms with Gasteiger partial charge in [0.05, 0.1) is 0 Å². The molecule has 0 rings (SSSR count). The Labute approximate surface area is 90.5 Å². The van der Waals surface area contributed by atoms with Crippen molar-refractivity contribution in [3.05, 3.63) is 0 Å². The van der Waals surface area contributed by atoms with Crippen LogP contribution >= 0.6 is 0 Å². The Bertz CT molecular complexity index is 33.7. The van der Waals surface area contributed by atoms with Crippen molar-refractivity contribution in [2.45, 2.75) is 53.9 Å². The number of hydrogen-bond acceptors (Lipinski definition) is 0. The van der Waals surface area contributed by atoms with Gasteiger partial charge in [-0.2, -0.15) is 0 Å². The Morgan fingerprint density at radius 1 is 1.10 bits per heavy atom. The van der Waals surface area contributed by atoms with Gasteiger partial charge >= 0.3 is 0 Å². The molecule has 62 valence electrons. The number of rotatable bonds is 3. The topological polar surface area (TPSA) is 0 Å². The minimum atomic E-state index is 0. The molecule has 0 aromatic rings. The summed E-state index contributed by atoms with van der Waals surface area (Å²) in [7, 11) is 0. The van der Waals surface area contributed by atoms with Crippen molar-refractivity contribution in [1.29, 1.82) is 0 Å². The molecule has 0 radical (unpaired) electrons. The molecule has 0 saturated carbocycles. The molecule has 0 aliphatic rings. The van der Waals surface area contributed by atoms with E-state index in [1.165, 1.54) is 19.3 Å². The van der Waals surface area contributed by atoms with Crippen molar-refractivity contribution in [3.63, 3.8) is 0 Å². The van der Waals surface area contributed by atoms with E-state index >= 15 is 0 Å². The molecule has 0 heterocycles. The normalized spacial score (nSPS) is 7.80. The molecule has 0 amide bonds. The van der Waals surface area contributed by atoms with E-state index in [4.69, 9.17) is 0 Å². The fourth-order valence-electron chi connectivity index (χ4n) is 0.612. The van der Waals surface area contributed by atoms with Crippen LogP contribution in [0.25, 0.3) is 0 Å². The second-order valence-electron chi connectivity index (χ2n) is 2.54. The maximum atomic E-state index is 2.27. The molecule has 0 N–H and O–H groups in total. The van der Waals surface area contributed by atoms with Crippen molar-refractivity contribution in [2.75, 3.05) is 0 Å². The smallest absolute Gasteiger partial charge is 0 e. The Morgan fingerprint density at radius 2 is 1.50 bits per heavy atom. The van der Waals surface area contributed by atoms with Gasteiger partial charge < -0.3 is 0 Å². The third-order valence-electron chi connectivity index (χ3n) is 1.14. The van der Waals surface area contributed by atoms with Crippen molar-refractivity contribution >= 4 is 0 Å². The molecule has 1 heteroatoms.